The highest BCUT2D eigenvalue weighted by atomic mass is 32.1. The van der Waals surface area contributed by atoms with Crippen molar-refractivity contribution in [3.8, 4) is 5.69 Å². The maximum atomic E-state index is 5.63. The van der Waals surface area contributed by atoms with Gasteiger partial charge in [-0.05, 0) is 62.0 Å². The number of nitrogens with zero attached hydrogens (tertiary/aromatic N) is 3. The lowest BCUT2D eigenvalue weighted by Gasteiger charge is -2.28. The molecule has 0 bridgehead atoms. The van der Waals surface area contributed by atoms with E-state index in [4.69, 9.17) is 12.2 Å². The van der Waals surface area contributed by atoms with Gasteiger partial charge in [-0.3, -0.25) is 4.98 Å². The lowest BCUT2D eigenvalue weighted by atomic mass is 10.0. The molecule has 0 saturated carbocycles. The van der Waals surface area contributed by atoms with Crippen molar-refractivity contribution in [1.82, 2.24) is 19.8 Å². The molecule has 132 valence electrons. The predicted octanol–water partition coefficient (Wildman–Crippen LogP) is 4.17. The van der Waals surface area contributed by atoms with Gasteiger partial charge >= 0.3 is 0 Å². The van der Waals surface area contributed by atoms with E-state index in [-0.39, 0.29) is 12.1 Å². The number of hydrogen-bond acceptors (Lipinski definition) is 2. The van der Waals surface area contributed by atoms with Crippen molar-refractivity contribution in [2.24, 2.45) is 0 Å². The van der Waals surface area contributed by atoms with Crippen LogP contribution in [0, 0.1) is 6.92 Å². The van der Waals surface area contributed by atoms with Crippen molar-refractivity contribution in [2.45, 2.75) is 25.9 Å². The summed E-state index contributed by atoms with van der Waals surface area (Å²) in [4.78, 5) is 6.83. The van der Waals surface area contributed by atoms with Crippen LogP contribution in [0.2, 0.25) is 0 Å². The van der Waals surface area contributed by atoms with Crippen molar-refractivity contribution in [1.29, 1.82) is 0 Å². The molecule has 1 aromatic carbocycles. The first-order chi connectivity index (χ1) is 12.7. The number of likely N-dealkylation sites (N-methyl/N-ethyl adjacent to an activating group) is 1. The van der Waals surface area contributed by atoms with E-state index < -0.39 is 0 Å². The first-order valence-corrected chi connectivity index (χ1v) is 9.33. The molecule has 1 N–H and O–H groups in total. The molecular weight excluding hydrogens is 340 g/mol. The van der Waals surface area contributed by atoms with E-state index in [2.05, 4.69) is 82.3 Å². The van der Waals surface area contributed by atoms with Gasteiger partial charge in [0, 0.05) is 30.3 Å². The zero-order valence-electron chi connectivity index (χ0n) is 15.0. The van der Waals surface area contributed by atoms with Gasteiger partial charge in [0.25, 0.3) is 0 Å². The van der Waals surface area contributed by atoms with Gasteiger partial charge in [-0.15, -0.1) is 0 Å². The molecule has 1 saturated heterocycles. The second kappa shape index (κ2) is 6.92. The van der Waals surface area contributed by atoms with Gasteiger partial charge in [0.05, 0.1) is 17.8 Å². The van der Waals surface area contributed by atoms with E-state index in [0.717, 1.165) is 17.4 Å². The molecule has 5 heteroatoms. The summed E-state index contributed by atoms with van der Waals surface area (Å²) < 4.78 is 2.27. The third-order valence-corrected chi connectivity index (χ3v) is 5.35. The summed E-state index contributed by atoms with van der Waals surface area (Å²) in [7, 11) is 0. The first-order valence-electron chi connectivity index (χ1n) is 8.92. The summed E-state index contributed by atoms with van der Waals surface area (Å²) in [6.45, 7) is 5.13. The van der Waals surface area contributed by atoms with E-state index in [1.165, 1.54) is 16.9 Å². The summed E-state index contributed by atoms with van der Waals surface area (Å²) in [5.74, 6) is 0. The molecule has 0 amide bonds. The number of benzene rings is 1. The maximum Gasteiger partial charge on any atom is 0.170 e. The van der Waals surface area contributed by atoms with Crippen LogP contribution in [0.25, 0.3) is 5.69 Å². The van der Waals surface area contributed by atoms with Crippen molar-refractivity contribution in [2.75, 3.05) is 6.54 Å². The zero-order chi connectivity index (χ0) is 18.1. The maximum absolute atomic E-state index is 5.63. The minimum atomic E-state index is 0.0290. The highest BCUT2D eigenvalue weighted by molar-refractivity contribution is 7.80. The van der Waals surface area contributed by atoms with Crippen LogP contribution in [0.1, 0.15) is 36.0 Å². The SMILES string of the molecule is CCN1C(=S)N[C@@H](c2ccccn2)[C@H]1c1cccn1-c1ccccc1C. The highest BCUT2D eigenvalue weighted by Crippen LogP contribution is 2.39. The van der Waals surface area contributed by atoms with E-state index in [9.17, 15) is 0 Å². The average molecular weight is 363 g/mol. The van der Waals surface area contributed by atoms with Gasteiger partial charge < -0.3 is 14.8 Å². The van der Waals surface area contributed by atoms with Crippen LogP contribution < -0.4 is 5.32 Å². The van der Waals surface area contributed by atoms with Crippen molar-refractivity contribution in [3.63, 3.8) is 0 Å². The Hall–Kier alpha value is -2.66. The zero-order valence-corrected chi connectivity index (χ0v) is 15.8. The van der Waals surface area contributed by atoms with Crippen molar-refractivity contribution < 1.29 is 0 Å². The van der Waals surface area contributed by atoms with Gasteiger partial charge in [-0.25, -0.2) is 0 Å². The topological polar surface area (TPSA) is 33.1 Å². The molecule has 1 aliphatic rings. The summed E-state index contributed by atoms with van der Waals surface area (Å²) in [5.41, 5.74) is 4.66. The quantitative estimate of drug-likeness (QED) is 0.706. The summed E-state index contributed by atoms with van der Waals surface area (Å²) >= 11 is 5.63. The first kappa shape index (κ1) is 16.8. The molecular formula is C21H22N4S. The number of nitrogens with one attached hydrogen (secondary N) is 1. The van der Waals surface area contributed by atoms with Crippen LogP contribution in [0.5, 0.6) is 0 Å². The number of hydrogen-bond donors (Lipinski definition) is 1. The number of thiocarbonyl (C=S) groups is 1. The third-order valence-electron chi connectivity index (χ3n) is 5.00. The summed E-state index contributed by atoms with van der Waals surface area (Å²) in [6.07, 6.45) is 3.97. The molecule has 1 aliphatic heterocycles. The second-order valence-electron chi connectivity index (χ2n) is 6.50. The molecule has 0 unspecified atom stereocenters. The second-order valence-corrected chi connectivity index (χ2v) is 6.89. The Morgan fingerprint density at radius 1 is 1.08 bits per heavy atom. The monoisotopic (exact) mass is 362 g/mol. The number of para-hydroxylation sites is 1. The Kier molecular flexibility index (Phi) is 4.47. The fourth-order valence-corrected chi connectivity index (χ4v) is 4.13. The van der Waals surface area contributed by atoms with Crippen LogP contribution in [0.3, 0.4) is 0 Å². The Labute approximate surface area is 159 Å². The largest absolute Gasteiger partial charge is 0.352 e. The summed E-state index contributed by atoms with van der Waals surface area (Å²) in [5, 5.41) is 4.27. The van der Waals surface area contributed by atoms with Gasteiger partial charge in [0.2, 0.25) is 0 Å². The van der Waals surface area contributed by atoms with Crippen LogP contribution in [0.15, 0.2) is 67.0 Å². The standard InChI is InChI=1S/C21H22N4S/c1-3-24-20(19(23-21(24)26)16-10-6-7-13-22-16)18-12-8-14-25(18)17-11-5-4-9-15(17)2/h4-14,19-20H,3H2,1-2H3,(H,23,26)/t19-,20+/m0/s1. The Morgan fingerprint density at radius 3 is 2.62 bits per heavy atom. The van der Waals surface area contributed by atoms with E-state index in [1.807, 2.05) is 18.3 Å². The Morgan fingerprint density at radius 2 is 1.88 bits per heavy atom. The molecule has 2 aromatic heterocycles. The van der Waals surface area contributed by atoms with Crippen molar-refractivity contribution >= 4 is 17.3 Å². The van der Waals surface area contributed by atoms with Gasteiger partial charge in [0.15, 0.2) is 5.11 Å². The van der Waals surface area contributed by atoms with Crippen LogP contribution in [-0.4, -0.2) is 26.1 Å². The lowest BCUT2D eigenvalue weighted by Crippen LogP contribution is -2.30. The molecule has 3 aromatic rings. The Bertz CT molecular complexity index is 919. The molecule has 1 fully saturated rings. The molecule has 4 rings (SSSR count). The van der Waals surface area contributed by atoms with E-state index >= 15 is 0 Å². The molecule has 0 aliphatic carbocycles. The fourth-order valence-electron chi connectivity index (χ4n) is 3.76. The highest BCUT2D eigenvalue weighted by Gasteiger charge is 2.40. The number of pyridine rings is 1. The molecule has 3 heterocycles. The minimum absolute atomic E-state index is 0.0290. The number of aromatic nitrogens is 2. The molecule has 2 atom stereocenters. The van der Waals surface area contributed by atoms with Gasteiger partial charge in [0.1, 0.15) is 0 Å². The van der Waals surface area contributed by atoms with Gasteiger partial charge in [-0.1, -0.05) is 24.3 Å². The molecule has 26 heavy (non-hydrogen) atoms. The summed E-state index contributed by atoms with van der Waals surface area (Å²) in [6, 6.07) is 18.9. The van der Waals surface area contributed by atoms with Crippen LogP contribution in [0.4, 0.5) is 0 Å². The third kappa shape index (κ3) is 2.78. The van der Waals surface area contributed by atoms with E-state index in [0.29, 0.717) is 0 Å². The van der Waals surface area contributed by atoms with Crippen LogP contribution >= 0.6 is 12.2 Å². The smallest absolute Gasteiger partial charge is 0.170 e. The van der Waals surface area contributed by atoms with Gasteiger partial charge in [-0.2, -0.15) is 0 Å². The normalized spacial score (nSPS) is 19.6. The molecule has 0 spiro atoms. The molecule has 4 nitrogen and oxygen atoms in total. The van der Waals surface area contributed by atoms with Crippen LogP contribution in [-0.2, 0) is 0 Å². The lowest BCUT2D eigenvalue weighted by molar-refractivity contribution is 0.321. The average Bonchev–Trinajstić information content (AvgIpc) is 3.26. The fraction of sp³-hybridized carbons (Fsp3) is 0.238. The predicted molar refractivity (Wildman–Crippen MR) is 108 cm³/mol. The molecule has 0 radical (unpaired) electrons. The van der Waals surface area contributed by atoms with Crippen molar-refractivity contribution in [3.05, 3.63) is 83.9 Å². The number of rotatable bonds is 4. The van der Waals surface area contributed by atoms with E-state index in [1.54, 1.807) is 0 Å². The Balaban J connectivity index is 1.83. The minimum Gasteiger partial charge on any atom is -0.352 e. The number of aryl methyl sites for hydroxylation is 1.